The highest BCUT2D eigenvalue weighted by Crippen LogP contribution is 2.25. The molecule has 3 rings (SSSR count). The van der Waals surface area contributed by atoms with Gasteiger partial charge in [0.05, 0.1) is 17.9 Å². The third-order valence-corrected chi connectivity index (χ3v) is 5.89. The molecule has 1 aromatic heterocycles. The number of benzene rings is 1. The number of carbonyl (C=O) groups is 2. The Morgan fingerprint density at radius 3 is 2.61 bits per heavy atom. The van der Waals surface area contributed by atoms with Crippen molar-refractivity contribution in [3.8, 4) is 5.75 Å². The molecule has 2 aromatic rings. The summed E-state index contributed by atoms with van der Waals surface area (Å²) in [4.78, 5) is 32.3. The third-order valence-electron chi connectivity index (χ3n) is 4.96. The Morgan fingerprint density at radius 2 is 1.96 bits per heavy atom. The normalized spacial score (nSPS) is 15.4. The predicted molar refractivity (Wildman–Crippen MR) is 111 cm³/mol. The smallest absolute Gasteiger partial charge is 0.240 e. The molecule has 1 fully saturated rings. The lowest BCUT2D eigenvalue weighted by Gasteiger charge is -2.30. The van der Waals surface area contributed by atoms with Gasteiger partial charge in [-0.25, -0.2) is 4.98 Å². The highest BCUT2D eigenvalue weighted by molar-refractivity contribution is 7.15. The zero-order valence-corrected chi connectivity index (χ0v) is 17.0. The molecule has 3 N–H and O–H groups in total. The second-order valence-corrected chi connectivity index (χ2v) is 8.18. The Bertz CT molecular complexity index is 844. The summed E-state index contributed by atoms with van der Waals surface area (Å²) in [6, 6.07) is 6.70. The quantitative estimate of drug-likeness (QED) is 0.646. The molecular formula is C20H26N4O3S. The van der Waals surface area contributed by atoms with E-state index in [0.29, 0.717) is 43.3 Å². The molecule has 150 valence electrons. The van der Waals surface area contributed by atoms with E-state index >= 15 is 0 Å². The average Bonchev–Trinajstić information content (AvgIpc) is 3.03. The van der Waals surface area contributed by atoms with Crippen LogP contribution in [0.3, 0.4) is 0 Å². The van der Waals surface area contributed by atoms with Gasteiger partial charge in [0.25, 0.3) is 0 Å². The van der Waals surface area contributed by atoms with E-state index in [-0.39, 0.29) is 23.5 Å². The minimum Gasteiger partial charge on any atom is -0.506 e. The number of nitrogens with zero attached hydrogens (tertiary/aromatic N) is 2. The lowest BCUT2D eigenvalue weighted by atomic mass is 9.95. The number of carbonyl (C=O) groups excluding carboxylic acids is 2. The fourth-order valence-corrected chi connectivity index (χ4v) is 4.26. The Hall–Kier alpha value is -2.45. The van der Waals surface area contributed by atoms with Crippen molar-refractivity contribution in [3.63, 3.8) is 0 Å². The first kappa shape index (κ1) is 20.3. The number of nitrogens with one attached hydrogen (secondary N) is 2. The van der Waals surface area contributed by atoms with Crippen molar-refractivity contribution < 1.29 is 14.7 Å². The molecule has 1 aromatic carbocycles. The van der Waals surface area contributed by atoms with Gasteiger partial charge in [-0.3, -0.25) is 14.5 Å². The molecule has 2 heterocycles. The van der Waals surface area contributed by atoms with E-state index in [1.165, 1.54) is 11.3 Å². The van der Waals surface area contributed by atoms with Crippen LogP contribution < -0.4 is 10.6 Å². The molecule has 1 aliphatic heterocycles. The lowest BCUT2D eigenvalue weighted by Crippen LogP contribution is -2.41. The molecule has 0 bridgehead atoms. The predicted octanol–water partition coefficient (Wildman–Crippen LogP) is 3.01. The van der Waals surface area contributed by atoms with Gasteiger partial charge >= 0.3 is 0 Å². The van der Waals surface area contributed by atoms with E-state index < -0.39 is 0 Å². The molecule has 1 saturated heterocycles. The summed E-state index contributed by atoms with van der Waals surface area (Å²) in [5, 5.41) is 16.1. The van der Waals surface area contributed by atoms with Gasteiger partial charge in [0.2, 0.25) is 11.8 Å². The first-order valence-corrected chi connectivity index (χ1v) is 10.3. The van der Waals surface area contributed by atoms with Crippen LogP contribution in [0.15, 0.2) is 24.3 Å². The van der Waals surface area contributed by atoms with Gasteiger partial charge in [0.15, 0.2) is 5.13 Å². The van der Waals surface area contributed by atoms with E-state index in [0.717, 1.165) is 17.0 Å². The number of amides is 2. The van der Waals surface area contributed by atoms with Crippen LogP contribution in [0.5, 0.6) is 5.75 Å². The molecule has 0 unspecified atom stereocenters. The number of piperidine rings is 1. The van der Waals surface area contributed by atoms with E-state index in [9.17, 15) is 14.7 Å². The number of hydrogen-bond donors (Lipinski definition) is 3. The van der Waals surface area contributed by atoms with E-state index in [1.807, 2.05) is 13.8 Å². The molecule has 1 aliphatic rings. The van der Waals surface area contributed by atoms with E-state index in [1.54, 1.807) is 24.3 Å². The Kier molecular flexibility index (Phi) is 6.64. The van der Waals surface area contributed by atoms with Crippen molar-refractivity contribution in [2.45, 2.75) is 33.1 Å². The summed E-state index contributed by atoms with van der Waals surface area (Å²) in [7, 11) is 0. The number of likely N-dealkylation sites (tertiary alicyclic amines) is 1. The second kappa shape index (κ2) is 9.16. The molecule has 0 aliphatic carbocycles. The third kappa shape index (κ3) is 5.08. The molecule has 0 atom stereocenters. The minimum absolute atomic E-state index is 0.0635. The maximum absolute atomic E-state index is 12.4. The summed E-state index contributed by atoms with van der Waals surface area (Å²) in [5.74, 6) is -0.217. The topological polar surface area (TPSA) is 94.6 Å². The Balaban J connectivity index is 1.45. The fourth-order valence-electron chi connectivity index (χ4n) is 3.34. The molecule has 8 heteroatoms. The molecular weight excluding hydrogens is 376 g/mol. The number of thiazole rings is 1. The van der Waals surface area contributed by atoms with Crippen molar-refractivity contribution >= 4 is 34.0 Å². The standard InChI is InChI=1S/C20H26N4O3S/c1-3-15-13(2)28-20(22-15)23-18(26)12-24-10-8-14(9-11-24)19(27)21-16-6-4-5-7-17(16)25/h4-7,14,25H,3,8-12H2,1-2H3,(H,21,27)(H,22,23,26). The zero-order chi connectivity index (χ0) is 20.1. The number of hydrogen-bond acceptors (Lipinski definition) is 6. The zero-order valence-electron chi connectivity index (χ0n) is 16.2. The van der Waals surface area contributed by atoms with Crippen molar-refractivity contribution in [1.82, 2.24) is 9.88 Å². The first-order valence-electron chi connectivity index (χ1n) is 9.53. The van der Waals surface area contributed by atoms with Gasteiger partial charge in [0, 0.05) is 10.8 Å². The van der Waals surface area contributed by atoms with Crippen LogP contribution in [0.2, 0.25) is 0 Å². The number of anilines is 2. The van der Waals surface area contributed by atoms with E-state index in [4.69, 9.17) is 0 Å². The van der Waals surface area contributed by atoms with Crippen molar-refractivity contribution in [2.24, 2.45) is 5.92 Å². The van der Waals surface area contributed by atoms with Crippen molar-refractivity contribution in [1.29, 1.82) is 0 Å². The summed E-state index contributed by atoms with van der Waals surface area (Å²) in [6.45, 7) is 5.73. The van der Waals surface area contributed by atoms with Crippen LogP contribution in [-0.2, 0) is 16.0 Å². The van der Waals surface area contributed by atoms with Crippen molar-refractivity contribution in [2.75, 3.05) is 30.3 Å². The number of phenolic OH excluding ortho intramolecular Hbond substituents is 1. The number of aryl methyl sites for hydroxylation is 2. The van der Waals surface area contributed by atoms with Gasteiger partial charge in [0.1, 0.15) is 5.75 Å². The maximum atomic E-state index is 12.4. The second-order valence-electron chi connectivity index (χ2n) is 6.98. The minimum atomic E-state index is -0.118. The summed E-state index contributed by atoms with van der Waals surface area (Å²) < 4.78 is 0. The molecule has 7 nitrogen and oxygen atoms in total. The number of phenols is 1. The SMILES string of the molecule is CCc1nc(NC(=O)CN2CCC(C(=O)Nc3ccccc3O)CC2)sc1C. The number of aromatic nitrogens is 1. The lowest BCUT2D eigenvalue weighted by molar-refractivity contribution is -0.121. The van der Waals surface area contributed by atoms with Gasteiger partial charge in [-0.2, -0.15) is 0 Å². The summed E-state index contributed by atoms with van der Waals surface area (Å²) in [6.07, 6.45) is 2.22. The average molecular weight is 403 g/mol. The summed E-state index contributed by atoms with van der Waals surface area (Å²) in [5.41, 5.74) is 1.45. The van der Waals surface area contributed by atoms with Crippen LogP contribution in [0.1, 0.15) is 30.3 Å². The van der Waals surface area contributed by atoms with Crippen LogP contribution >= 0.6 is 11.3 Å². The van der Waals surface area contributed by atoms with Crippen LogP contribution in [0.25, 0.3) is 0 Å². The molecule has 2 amide bonds. The largest absolute Gasteiger partial charge is 0.506 e. The fraction of sp³-hybridized carbons (Fsp3) is 0.450. The molecule has 0 spiro atoms. The first-order chi connectivity index (χ1) is 13.5. The number of rotatable bonds is 6. The molecule has 28 heavy (non-hydrogen) atoms. The van der Waals surface area contributed by atoms with Crippen molar-refractivity contribution in [3.05, 3.63) is 34.8 Å². The van der Waals surface area contributed by atoms with E-state index in [2.05, 4.69) is 20.5 Å². The molecule has 0 radical (unpaired) electrons. The number of aromatic hydroxyl groups is 1. The van der Waals surface area contributed by atoms with Gasteiger partial charge in [-0.1, -0.05) is 19.1 Å². The highest BCUT2D eigenvalue weighted by Gasteiger charge is 2.26. The van der Waals surface area contributed by atoms with Crippen LogP contribution in [0, 0.1) is 12.8 Å². The van der Waals surface area contributed by atoms with Crippen LogP contribution in [0.4, 0.5) is 10.8 Å². The Morgan fingerprint density at radius 1 is 1.25 bits per heavy atom. The highest BCUT2D eigenvalue weighted by atomic mass is 32.1. The Labute approximate surface area is 168 Å². The van der Waals surface area contributed by atoms with Gasteiger partial charge in [-0.15, -0.1) is 11.3 Å². The number of para-hydroxylation sites is 2. The van der Waals surface area contributed by atoms with Gasteiger partial charge < -0.3 is 15.7 Å². The van der Waals surface area contributed by atoms with Gasteiger partial charge in [-0.05, 0) is 51.4 Å². The van der Waals surface area contributed by atoms with Crippen LogP contribution in [-0.4, -0.2) is 46.4 Å². The molecule has 0 saturated carbocycles. The summed E-state index contributed by atoms with van der Waals surface area (Å²) >= 11 is 1.50. The maximum Gasteiger partial charge on any atom is 0.240 e. The monoisotopic (exact) mass is 402 g/mol.